The number of fused-ring (bicyclic) bond motifs is 6. The van der Waals surface area contributed by atoms with Crippen molar-refractivity contribution < 1.29 is 0 Å². The van der Waals surface area contributed by atoms with Crippen molar-refractivity contribution in [2.45, 2.75) is 5.41 Å². The first kappa shape index (κ1) is 33.3. The predicted octanol–water partition coefficient (Wildman–Crippen LogP) is 15.2. The molecule has 0 aliphatic heterocycles. The lowest BCUT2D eigenvalue weighted by molar-refractivity contribution is 0.769. The predicted molar refractivity (Wildman–Crippen MR) is 242 cm³/mol. The number of benzene rings is 9. The van der Waals surface area contributed by atoms with Crippen molar-refractivity contribution in [2.75, 3.05) is 4.90 Å². The van der Waals surface area contributed by atoms with Crippen LogP contribution in [-0.4, -0.2) is 0 Å². The molecule has 0 radical (unpaired) electrons. The topological polar surface area (TPSA) is 3.24 Å². The van der Waals surface area contributed by atoms with Crippen LogP contribution in [0.4, 0.5) is 17.1 Å². The second kappa shape index (κ2) is 13.6. The maximum absolute atomic E-state index is 2.50. The molecule has 0 saturated heterocycles. The van der Waals surface area contributed by atoms with Crippen molar-refractivity contribution in [1.82, 2.24) is 0 Å². The zero-order chi connectivity index (χ0) is 37.8. The van der Waals surface area contributed by atoms with Crippen LogP contribution < -0.4 is 4.90 Å². The third-order valence-corrected chi connectivity index (χ3v) is 13.0. The van der Waals surface area contributed by atoms with Gasteiger partial charge in [-0.3, -0.25) is 0 Å². The van der Waals surface area contributed by atoms with E-state index in [-0.39, 0.29) is 0 Å². The van der Waals surface area contributed by atoms with Crippen LogP contribution in [0.2, 0.25) is 0 Å². The quantitative estimate of drug-likeness (QED) is 0.157. The van der Waals surface area contributed by atoms with E-state index in [2.05, 4.69) is 229 Å². The molecule has 0 saturated carbocycles. The van der Waals surface area contributed by atoms with Gasteiger partial charge < -0.3 is 4.90 Å². The van der Waals surface area contributed by atoms with Crippen LogP contribution in [0.3, 0.4) is 0 Å². The summed E-state index contributed by atoms with van der Waals surface area (Å²) < 4.78 is 2.62. The van der Waals surface area contributed by atoms with Gasteiger partial charge in [-0.25, -0.2) is 0 Å². The number of hydrogen-bond acceptors (Lipinski definition) is 2. The third kappa shape index (κ3) is 5.37. The van der Waals surface area contributed by atoms with E-state index in [1.807, 2.05) is 11.3 Å². The molecule has 0 spiro atoms. The number of nitrogens with zero attached hydrogens (tertiary/aromatic N) is 1. The molecule has 0 unspecified atom stereocenters. The molecule has 0 fully saturated rings. The molecule has 0 atom stereocenters. The van der Waals surface area contributed by atoms with E-state index in [1.54, 1.807) is 0 Å². The molecule has 57 heavy (non-hydrogen) atoms. The highest BCUT2D eigenvalue weighted by Crippen LogP contribution is 2.57. The summed E-state index contributed by atoms with van der Waals surface area (Å²) >= 11 is 1.90. The molecule has 10 aromatic rings. The van der Waals surface area contributed by atoms with Gasteiger partial charge >= 0.3 is 0 Å². The fourth-order valence-corrected chi connectivity index (χ4v) is 10.4. The van der Waals surface area contributed by atoms with Crippen LogP contribution in [0, 0.1) is 0 Å². The summed E-state index contributed by atoms with van der Waals surface area (Å²) in [6, 6.07) is 82.4. The minimum atomic E-state index is -0.458. The van der Waals surface area contributed by atoms with Crippen molar-refractivity contribution in [1.29, 1.82) is 0 Å². The number of hydrogen-bond donors (Lipinski definition) is 0. The summed E-state index contributed by atoms with van der Waals surface area (Å²) in [6.45, 7) is 0. The summed E-state index contributed by atoms with van der Waals surface area (Å²) in [5, 5.41) is 2.59. The fraction of sp³-hybridized carbons (Fsp3) is 0.0182. The minimum absolute atomic E-state index is 0.458. The second-order valence-electron chi connectivity index (χ2n) is 14.8. The summed E-state index contributed by atoms with van der Waals surface area (Å²) in [5.74, 6) is 0. The van der Waals surface area contributed by atoms with E-state index in [9.17, 15) is 0 Å². The lowest BCUT2D eigenvalue weighted by Gasteiger charge is -2.34. The van der Waals surface area contributed by atoms with E-state index < -0.39 is 5.41 Å². The smallest absolute Gasteiger partial charge is 0.0713 e. The Morgan fingerprint density at radius 2 is 0.860 bits per heavy atom. The van der Waals surface area contributed by atoms with Crippen LogP contribution in [-0.2, 0) is 5.41 Å². The maximum atomic E-state index is 2.50. The van der Waals surface area contributed by atoms with Crippen LogP contribution in [0.25, 0.3) is 53.6 Å². The van der Waals surface area contributed by atoms with E-state index in [0.29, 0.717) is 0 Å². The Bertz CT molecular complexity index is 2960. The molecule has 1 heterocycles. The van der Waals surface area contributed by atoms with Gasteiger partial charge in [0.2, 0.25) is 0 Å². The molecule has 1 aliphatic carbocycles. The Labute approximate surface area is 337 Å². The second-order valence-corrected chi connectivity index (χ2v) is 15.9. The molecule has 2 heteroatoms. The first-order chi connectivity index (χ1) is 28.3. The monoisotopic (exact) mass is 743 g/mol. The number of thiophene rings is 1. The number of rotatable bonds is 7. The van der Waals surface area contributed by atoms with Crippen molar-refractivity contribution in [2.24, 2.45) is 0 Å². The highest BCUT2D eigenvalue weighted by atomic mass is 32.1. The van der Waals surface area contributed by atoms with Crippen molar-refractivity contribution in [3.63, 3.8) is 0 Å². The molecule has 0 N–H and O–H groups in total. The van der Waals surface area contributed by atoms with Gasteiger partial charge in [-0.15, -0.1) is 11.3 Å². The van der Waals surface area contributed by atoms with Gasteiger partial charge in [-0.1, -0.05) is 164 Å². The lowest BCUT2D eigenvalue weighted by Crippen LogP contribution is -2.28. The summed E-state index contributed by atoms with van der Waals surface area (Å²) in [4.78, 5) is 2.32. The molecular weight excluding hydrogens is 707 g/mol. The standard InChI is InChI=1S/C55H37NS/c1-5-17-41(18-6-1)55(42-19-7-2-8-20-42)51-27-15-13-25-46(51)47-34-31-39(37-52(47)55)49-35-40(36-50-48-26-14-16-28-53(48)57-54(49)50)38-29-32-45(33-30-38)56(43-21-9-3-10-22-43)44-23-11-4-12-24-44/h1-37H. The van der Waals surface area contributed by atoms with E-state index in [1.165, 1.54) is 75.8 Å². The van der Waals surface area contributed by atoms with Crippen molar-refractivity contribution in [3.8, 4) is 33.4 Å². The van der Waals surface area contributed by atoms with E-state index in [4.69, 9.17) is 0 Å². The minimum Gasteiger partial charge on any atom is -0.311 e. The van der Waals surface area contributed by atoms with Crippen molar-refractivity contribution in [3.05, 3.63) is 247 Å². The number of anilines is 3. The van der Waals surface area contributed by atoms with E-state index >= 15 is 0 Å². The van der Waals surface area contributed by atoms with Crippen LogP contribution in [0.1, 0.15) is 22.3 Å². The molecule has 11 rings (SSSR count). The average Bonchev–Trinajstić information content (AvgIpc) is 3.81. The third-order valence-electron chi connectivity index (χ3n) is 11.7. The van der Waals surface area contributed by atoms with Crippen LogP contribution >= 0.6 is 11.3 Å². The molecule has 1 aliphatic rings. The lowest BCUT2D eigenvalue weighted by atomic mass is 9.67. The van der Waals surface area contributed by atoms with Crippen LogP contribution in [0.15, 0.2) is 224 Å². The Kier molecular flexibility index (Phi) is 7.98. The van der Waals surface area contributed by atoms with Crippen LogP contribution in [0.5, 0.6) is 0 Å². The van der Waals surface area contributed by atoms with Gasteiger partial charge in [0.25, 0.3) is 0 Å². The largest absolute Gasteiger partial charge is 0.311 e. The first-order valence-corrected chi connectivity index (χ1v) is 20.4. The zero-order valence-corrected chi connectivity index (χ0v) is 32.0. The van der Waals surface area contributed by atoms with Gasteiger partial charge in [0.05, 0.1) is 5.41 Å². The molecule has 1 nitrogen and oxygen atoms in total. The summed E-state index contributed by atoms with van der Waals surface area (Å²) in [5.41, 5.74) is 15.6. The molecule has 9 aromatic carbocycles. The normalized spacial score (nSPS) is 12.7. The Hall–Kier alpha value is -7.00. The molecule has 0 amide bonds. The molecule has 0 bridgehead atoms. The maximum Gasteiger partial charge on any atom is 0.0713 e. The SMILES string of the molecule is c1ccc(N(c2ccccc2)c2ccc(-c3cc(-c4ccc5c(c4)C(c4ccccc4)(c4ccccc4)c4ccccc4-5)c4sc5ccccc5c4c3)cc2)cc1. The van der Waals surface area contributed by atoms with Gasteiger partial charge in [0.1, 0.15) is 0 Å². The Morgan fingerprint density at radius 3 is 1.53 bits per heavy atom. The highest BCUT2D eigenvalue weighted by molar-refractivity contribution is 7.26. The van der Waals surface area contributed by atoms with Gasteiger partial charge in [-0.2, -0.15) is 0 Å². The van der Waals surface area contributed by atoms with Crippen molar-refractivity contribution >= 4 is 48.6 Å². The molecule has 268 valence electrons. The molecular formula is C55H37NS. The Morgan fingerprint density at radius 1 is 0.333 bits per heavy atom. The Balaban J connectivity index is 1.11. The van der Waals surface area contributed by atoms with E-state index in [0.717, 1.165) is 17.1 Å². The highest BCUT2D eigenvalue weighted by Gasteiger charge is 2.46. The fourth-order valence-electron chi connectivity index (χ4n) is 9.22. The molecule has 1 aromatic heterocycles. The van der Waals surface area contributed by atoms with Gasteiger partial charge in [-0.05, 0) is 111 Å². The van der Waals surface area contributed by atoms with Gasteiger partial charge in [0.15, 0.2) is 0 Å². The number of para-hydroxylation sites is 2. The zero-order valence-electron chi connectivity index (χ0n) is 31.2. The summed E-state index contributed by atoms with van der Waals surface area (Å²) in [6.07, 6.45) is 0. The van der Waals surface area contributed by atoms with Gasteiger partial charge in [0, 0.05) is 42.8 Å². The average molecular weight is 744 g/mol. The first-order valence-electron chi connectivity index (χ1n) is 19.6. The summed E-state index contributed by atoms with van der Waals surface area (Å²) in [7, 11) is 0.